The number of pyridine rings is 1. The molecule has 0 bridgehead atoms. The molecule has 4 heteroatoms. The zero-order valence-corrected chi connectivity index (χ0v) is 14.4. The number of carbonyl (C=O) groups excluding carboxylic acids is 1. The van der Waals surface area contributed by atoms with Gasteiger partial charge in [-0.3, -0.25) is 19.7 Å². The summed E-state index contributed by atoms with van der Waals surface area (Å²) >= 11 is 0. The van der Waals surface area contributed by atoms with E-state index in [0.717, 1.165) is 22.4 Å². The van der Waals surface area contributed by atoms with E-state index in [0.29, 0.717) is 6.42 Å². The zero-order valence-electron chi connectivity index (χ0n) is 14.4. The fourth-order valence-electron chi connectivity index (χ4n) is 2.96. The van der Waals surface area contributed by atoms with E-state index in [9.17, 15) is 4.79 Å². The summed E-state index contributed by atoms with van der Waals surface area (Å²) in [6, 6.07) is 9.85. The number of para-hydroxylation sites is 1. The second-order valence-corrected chi connectivity index (χ2v) is 7.75. The van der Waals surface area contributed by atoms with E-state index in [-0.39, 0.29) is 11.4 Å². The first kappa shape index (κ1) is 15.7. The summed E-state index contributed by atoms with van der Waals surface area (Å²) in [5.74, 6) is 0.907. The Morgan fingerprint density at radius 1 is 1.17 bits per heavy atom. The molecule has 0 saturated carbocycles. The van der Waals surface area contributed by atoms with Crippen LogP contribution in [0.25, 0.3) is 10.9 Å². The van der Waals surface area contributed by atoms with Crippen LogP contribution in [0.15, 0.2) is 41.5 Å². The molecule has 1 aromatic carbocycles. The fourth-order valence-corrected chi connectivity index (χ4v) is 2.96. The first-order valence-corrected chi connectivity index (χ1v) is 7.96. The van der Waals surface area contributed by atoms with Gasteiger partial charge in [0.05, 0.1) is 22.2 Å². The topological polar surface area (TPSA) is 45.6 Å². The number of rotatable bonds is 1. The van der Waals surface area contributed by atoms with Gasteiger partial charge in [0.15, 0.2) is 0 Å². The lowest BCUT2D eigenvalue weighted by atomic mass is 9.91. The molecular formula is C19H23N3O. The van der Waals surface area contributed by atoms with E-state index in [4.69, 9.17) is 4.99 Å². The Kier molecular flexibility index (Phi) is 3.51. The van der Waals surface area contributed by atoms with Gasteiger partial charge in [0.25, 0.3) is 0 Å². The van der Waals surface area contributed by atoms with Crippen LogP contribution in [-0.4, -0.2) is 22.3 Å². The van der Waals surface area contributed by atoms with Gasteiger partial charge >= 0.3 is 0 Å². The lowest BCUT2D eigenvalue weighted by Crippen LogP contribution is -2.34. The van der Waals surface area contributed by atoms with Crippen LogP contribution < -0.4 is 4.90 Å². The van der Waals surface area contributed by atoms with Gasteiger partial charge < -0.3 is 0 Å². The van der Waals surface area contributed by atoms with Crippen molar-refractivity contribution in [1.29, 1.82) is 0 Å². The van der Waals surface area contributed by atoms with E-state index in [1.165, 1.54) is 0 Å². The van der Waals surface area contributed by atoms with Crippen molar-refractivity contribution in [1.82, 2.24) is 4.98 Å². The third kappa shape index (κ3) is 2.85. The van der Waals surface area contributed by atoms with Crippen LogP contribution in [0, 0.1) is 5.41 Å². The molecule has 0 spiro atoms. The molecule has 1 aliphatic heterocycles. The van der Waals surface area contributed by atoms with Crippen molar-refractivity contribution >= 4 is 28.3 Å². The van der Waals surface area contributed by atoms with Gasteiger partial charge in [-0.15, -0.1) is 0 Å². The van der Waals surface area contributed by atoms with Crippen LogP contribution in [0.3, 0.4) is 0 Å². The van der Waals surface area contributed by atoms with Gasteiger partial charge in [-0.1, -0.05) is 32.0 Å². The number of amidine groups is 1. The highest BCUT2D eigenvalue weighted by atomic mass is 16.2. The minimum Gasteiger partial charge on any atom is -0.273 e. The lowest BCUT2D eigenvalue weighted by Gasteiger charge is -2.22. The second kappa shape index (κ2) is 5.15. The second-order valence-electron chi connectivity index (χ2n) is 7.75. The molecule has 0 N–H and O–H groups in total. The molecule has 120 valence electrons. The predicted molar refractivity (Wildman–Crippen MR) is 94.8 cm³/mol. The van der Waals surface area contributed by atoms with Crippen molar-refractivity contribution in [2.75, 3.05) is 4.90 Å². The van der Waals surface area contributed by atoms with E-state index >= 15 is 0 Å². The number of carbonyl (C=O) groups is 1. The third-order valence-electron chi connectivity index (χ3n) is 3.96. The molecule has 4 nitrogen and oxygen atoms in total. The molecule has 1 amide bonds. The summed E-state index contributed by atoms with van der Waals surface area (Å²) < 4.78 is 0. The number of aliphatic imine (C=N–C) groups is 1. The number of hydrogen-bond acceptors (Lipinski definition) is 3. The van der Waals surface area contributed by atoms with E-state index < -0.39 is 5.41 Å². The standard InChI is InChI=1S/C19H23N3O/c1-18(2,3)21-15-12-19(4,5)17(23)22(15)14-10-6-8-13-9-7-11-20-16(13)14/h6-11H,12H2,1-5H3. The minimum atomic E-state index is -0.443. The molecule has 1 aliphatic rings. The van der Waals surface area contributed by atoms with Gasteiger partial charge in [-0.2, -0.15) is 0 Å². The predicted octanol–water partition coefficient (Wildman–Crippen LogP) is 4.19. The van der Waals surface area contributed by atoms with Crippen LogP contribution in [0.5, 0.6) is 0 Å². The molecule has 0 aliphatic carbocycles. The molecule has 2 aromatic rings. The molecule has 0 atom stereocenters. The fraction of sp³-hybridized carbons (Fsp3) is 0.421. The van der Waals surface area contributed by atoms with Crippen molar-refractivity contribution < 1.29 is 4.79 Å². The largest absolute Gasteiger partial charge is 0.273 e. The van der Waals surface area contributed by atoms with Crippen molar-refractivity contribution in [3.63, 3.8) is 0 Å². The molecule has 0 unspecified atom stereocenters. The summed E-state index contributed by atoms with van der Waals surface area (Å²) in [5.41, 5.74) is 0.984. The van der Waals surface area contributed by atoms with E-state index in [1.54, 1.807) is 11.1 Å². The summed E-state index contributed by atoms with van der Waals surface area (Å²) in [5, 5.41) is 1.03. The monoisotopic (exact) mass is 309 g/mol. The van der Waals surface area contributed by atoms with Gasteiger partial charge in [0.1, 0.15) is 5.84 Å². The molecule has 0 radical (unpaired) electrons. The van der Waals surface area contributed by atoms with Crippen molar-refractivity contribution in [2.24, 2.45) is 10.4 Å². The SMILES string of the molecule is CC(C)(C)N=C1CC(C)(C)C(=O)N1c1cccc2cccnc12. The minimum absolute atomic E-state index is 0.0821. The zero-order chi connectivity index (χ0) is 16.8. The van der Waals surface area contributed by atoms with Crippen LogP contribution in [-0.2, 0) is 4.79 Å². The molecular weight excluding hydrogens is 286 g/mol. The third-order valence-corrected chi connectivity index (χ3v) is 3.96. The van der Waals surface area contributed by atoms with Crippen LogP contribution in [0.1, 0.15) is 41.0 Å². The maximum atomic E-state index is 13.0. The number of nitrogens with zero attached hydrogens (tertiary/aromatic N) is 3. The molecule has 3 rings (SSSR count). The number of benzene rings is 1. The molecule has 1 saturated heterocycles. The van der Waals surface area contributed by atoms with Gasteiger partial charge in [-0.05, 0) is 32.9 Å². The Hall–Kier alpha value is -2.23. The Balaban J connectivity index is 2.22. The van der Waals surface area contributed by atoms with Gasteiger partial charge in [-0.25, -0.2) is 0 Å². The smallest absolute Gasteiger partial charge is 0.238 e. The van der Waals surface area contributed by atoms with Gasteiger partial charge in [0, 0.05) is 18.0 Å². The highest BCUT2D eigenvalue weighted by Gasteiger charge is 2.45. The highest BCUT2D eigenvalue weighted by molar-refractivity contribution is 6.26. The highest BCUT2D eigenvalue weighted by Crippen LogP contribution is 2.38. The molecule has 1 fully saturated rings. The molecule has 1 aromatic heterocycles. The lowest BCUT2D eigenvalue weighted by molar-refractivity contribution is -0.123. The van der Waals surface area contributed by atoms with E-state index in [2.05, 4.69) is 25.8 Å². The Labute approximate surface area is 137 Å². The number of fused-ring (bicyclic) bond motifs is 1. The maximum absolute atomic E-state index is 13.0. The van der Waals surface area contributed by atoms with Crippen LogP contribution >= 0.6 is 0 Å². The van der Waals surface area contributed by atoms with Crippen molar-refractivity contribution in [3.05, 3.63) is 36.5 Å². The Morgan fingerprint density at radius 3 is 2.57 bits per heavy atom. The summed E-state index contributed by atoms with van der Waals surface area (Å²) in [6.45, 7) is 10.1. The Morgan fingerprint density at radius 2 is 1.87 bits per heavy atom. The Bertz CT molecular complexity index is 794. The van der Waals surface area contributed by atoms with Crippen LogP contribution in [0.4, 0.5) is 5.69 Å². The molecule has 2 heterocycles. The summed E-state index contributed by atoms with van der Waals surface area (Å²) in [4.78, 5) is 24.1. The maximum Gasteiger partial charge on any atom is 0.238 e. The quantitative estimate of drug-likeness (QED) is 0.792. The normalized spacial score (nSPS) is 19.8. The van der Waals surface area contributed by atoms with Crippen LogP contribution in [0.2, 0.25) is 0 Å². The number of aromatic nitrogens is 1. The number of anilines is 1. The molecule has 23 heavy (non-hydrogen) atoms. The van der Waals surface area contributed by atoms with E-state index in [1.807, 2.05) is 44.2 Å². The number of hydrogen-bond donors (Lipinski definition) is 0. The van der Waals surface area contributed by atoms with Crippen molar-refractivity contribution in [2.45, 2.75) is 46.6 Å². The average Bonchev–Trinajstić information content (AvgIpc) is 2.66. The first-order chi connectivity index (χ1) is 10.7. The van der Waals surface area contributed by atoms with Gasteiger partial charge in [0.2, 0.25) is 5.91 Å². The summed E-state index contributed by atoms with van der Waals surface area (Å²) in [6.07, 6.45) is 2.41. The number of amides is 1. The van der Waals surface area contributed by atoms with Crippen molar-refractivity contribution in [3.8, 4) is 0 Å². The first-order valence-electron chi connectivity index (χ1n) is 7.96. The summed E-state index contributed by atoms with van der Waals surface area (Å²) in [7, 11) is 0. The average molecular weight is 309 g/mol.